The lowest BCUT2D eigenvalue weighted by Crippen LogP contribution is -2.36. The van der Waals surface area contributed by atoms with Crippen molar-refractivity contribution in [2.45, 2.75) is 25.8 Å². The quantitative estimate of drug-likeness (QED) is 0.794. The first kappa shape index (κ1) is 13.5. The van der Waals surface area contributed by atoms with Gasteiger partial charge in [-0.3, -0.25) is 4.79 Å². The van der Waals surface area contributed by atoms with E-state index in [-0.39, 0.29) is 12.5 Å². The van der Waals surface area contributed by atoms with Gasteiger partial charge in [-0.15, -0.1) is 0 Å². The summed E-state index contributed by atoms with van der Waals surface area (Å²) in [6, 6.07) is 5.56. The molecule has 0 unspecified atom stereocenters. The van der Waals surface area contributed by atoms with E-state index < -0.39 is 0 Å². The third-order valence-corrected chi connectivity index (χ3v) is 3.22. The molecule has 5 nitrogen and oxygen atoms in total. The molecule has 2 rings (SSSR count). The van der Waals surface area contributed by atoms with Crippen molar-refractivity contribution < 1.29 is 14.3 Å². The van der Waals surface area contributed by atoms with Gasteiger partial charge in [0.05, 0.1) is 12.8 Å². The number of anilines is 1. The molecule has 104 valence electrons. The van der Waals surface area contributed by atoms with E-state index in [0.717, 1.165) is 19.4 Å². The Kier molecular flexibility index (Phi) is 4.14. The van der Waals surface area contributed by atoms with Crippen molar-refractivity contribution in [2.24, 2.45) is 0 Å². The number of carbonyl (C=O) groups excluding carboxylic acids is 1. The molecule has 2 N–H and O–H groups in total. The largest absolute Gasteiger partial charge is 0.497 e. The molecule has 0 heterocycles. The van der Waals surface area contributed by atoms with Crippen molar-refractivity contribution in [3.63, 3.8) is 0 Å². The first-order chi connectivity index (χ1) is 9.15. The number of carbonyl (C=O) groups is 1. The molecular formula is C14H20N2O3. The van der Waals surface area contributed by atoms with Gasteiger partial charge >= 0.3 is 0 Å². The molecule has 19 heavy (non-hydrogen) atoms. The second-order valence-electron chi connectivity index (χ2n) is 4.60. The number of methoxy groups -OCH3 is 1. The number of ether oxygens (including phenoxy) is 2. The van der Waals surface area contributed by atoms with Crippen molar-refractivity contribution in [3.05, 3.63) is 18.2 Å². The van der Waals surface area contributed by atoms with Crippen LogP contribution in [0, 0.1) is 0 Å². The van der Waals surface area contributed by atoms with Crippen LogP contribution in [0.3, 0.4) is 0 Å². The van der Waals surface area contributed by atoms with E-state index in [0.29, 0.717) is 23.2 Å². The topological polar surface area (TPSA) is 64.8 Å². The molecule has 1 aromatic rings. The third-order valence-electron chi connectivity index (χ3n) is 3.22. The average molecular weight is 264 g/mol. The van der Waals surface area contributed by atoms with Crippen molar-refractivity contribution in [1.29, 1.82) is 0 Å². The second kappa shape index (κ2) is 5.82. The minimum Gasteiger partial charge on any atom is -0.497 e. The first-order valence-corrected chi connectivity index (χ1v) is 6.51. The monoisotopic (exact) mass is 264 g/mol. The highest BCUT2D eigenvalue weighted by atomic mass is 16.5. The van der Waals surface area contributed by atoms with E-state index in [1.54, 1.807) is 25.3 Å². The summed E-state index contributed by atoms with van der Waals surface area (Å²) in [5.41, 5.74) is 6.31. The predicted molar refractivity (Wildman–Crippen MR) is 73.3 cm³/mol. The fourth-order valence-electron chi connectivity index (χ4n) is 2.01. The number of amides is 1. The van der Waals surface area contributed by atoms with Crippen LogP contribution in [0.2, 0.25) is 0 Å². The van der Waals surface area contributed by atoms with Gasteiger partial charge in [-0.2, -0.15) is 0 Å². The molecule has 1 aliphatic carbocycles. The highest BCUT2D eigenvalue weighted by molar-refractivity contribution is 5.78. The van der Waals surface area contributed by atoms with E-state index in [2.05, 4.69) is 0 Å². The Morgan fingerprint density at radius 1 is 1.47 bits per heavy atom. The summed E-state index contributed by atoms with van der Waals surface area (Å²) >= 11 is 0. The summed E-state index contributed by atoms with van der Waals surface area (Å²) in [5, 5.41) is 0. The Morgan fingerprint density at radius 3 is 2.79 bits per heavy atom. The zero-order chi connectivity index (χ0) is 13.8. The average Bonchev–Trinajstić information content (AvgIpc) is 3.23. The smallest absolute Gasteiger partial charge is 0.260 e. The number of nitrogens with zero attached hydrogens (tertiary/aromatic N) is 1. The molecule has 1 saturated carbocycles. The Balaban J connectivity index is 1.95. The van der Waals surface area contributed by atoms with Crippen LogP contribution < -0.4 is 15.2 Å². The summed E-state index contributed by atoms with van der Waals surface area (Å²) < 4.78 is 10.6. The lowest BCUT2D eigenvalue weighted by molar-refractivity contribution is -0.133. The fraction of sp³-hybridized carbons (Fsp3) is 0.500. The maximum Gasteiger partial charge on any atom is 0.260 e. The fourth-order valence-corrected chi connectivity index (χ4v) is 2.01. The molecular weight excluding hydrogens is 244 g/mol. The van der Waals surface area contributed by atoms with Crippen molar-refractivity contribution in [3.8, 4) is 11.5 Å². The number of rotatable bonds is 6. The summed E-state index contributed by atoms with van der Waals surface area (Å²) in [4.78, 5) is 13.9. The van der Waals surface area contributed by atoms with Crippen LogP contribution in [0.25, 0.3) is 0 Å². The molecule has 1 aliphatic rings. The number of hydrogen-bond donors (Lipinski definition) is 1. The van der Waals surface area contributed by atoms with Gasteiger partial charge < -0.3 is 20.1 Å². The van der Waals surface area contributed by atoms with Gasteiger partial charge in [0.1, 0.15) is 11.5 Å². The SMILES string of the molecule is CCN(C(=O)COc1cc(OC)ccc1N)C1CC1. The molecule has 0 spiro atoms. The lowest BCUT2D eigenvalue weighted by atomic mass is 10.3. The van der Waals surface area contributed by atoms with E-state index >= 15 is 0 Å². The lowest BCUT2D eigenvalue weighted by Gasteiger charge is -2.20. The molecule has 5 heteroatoms. The van der Waals surface area contributed by atoms with Gasteiger partial charge in [0.2, 0.25) is 0 Å². The van der Waals surface area contributed by atoms with E-state index in [9.17, 15) is 4.79 Å². The zero-order valence-corrected chi connectivity index (χ0v) is 11.4. The number of benzene rings is 1. The maximum absolute atomic E-state index is 12.0. The Bertz CT molecular complexity index is 458. The molecule has 0 bridgehead atoms. The zero-order valence-electron chi connectivity index (χ0n) is 11.4. The van der Waals surface area contributed by atoms with Gasteiger partial charge in [-0.1, -0.05) is 0 Å². The van der Waals surface area contributed by atoms with Gasteiger partial charge in [0.15, 0.2) is 6.61 Å². The van der Waals surface area contributed by atoms with Crippen LogP contribution in [0.1, 0.15) is 19.8 Å². The maximum atomic E-state index is 12.0. The summed E-state index contributed by atoms with van der Waals surface area (Å²) in [6.45, 7) is 2.72. The highest BCUT2D eigenvalue weighted by Crippen LogP contribution is 2.28. The van der Waals surface area contributed by atoms with Crippen LogP contribution >= 0.6 is 0 Å². The van der Waals surface area contributed by atoms with Gasteiger partial charge in [0.25, 0.3) is 5.91 Å². The number of nitrogens with two attached hydrogens (primary N) is 1. The van der Waals surface area contributed by atoms with Crippen LogP contribution in [0.4, 0.5) is 5.69 Å². The van der Waals surface area contributed by atoms with Crippen LogP contribution in [-0.4, -0.2) is 37.1 Å². The van der Waals surface area contributed by atoms with Crippen LogP contribution in [0.5, 0.6) is 11.5 Å². The van der Waals surface area contributed by atoms with Crippen LogP contribution in [-0.2, 0) is 4.79 Å². The second-order valence-corrected chi connectivity index (χ2v) is 4.60. The van der Waals surface area contributed by atoms with E-state index in [1.807, 2.05) is 11.8 Å². The molecule has 0 aliphatic heterocycles. The molecule has 1 fully saturated rings. The summed E-state index contributed by atoms with van der Waals surface area (Å²) in [6.07, 6.45) is 2.20. The minimum absolute atomic E-state index is 0.00669. The molecule has 0 atom stereocenters. The predicted octanol–water partition coefficient (Wildman–Crippen LogP) is 1.67. The summed E-state index contributed by atoms with van der Waals surface area (Å²) in [7, 11) is 1.58. The normalized spacial score (nSPS) is 14.0. The Labute approximate surface area is 113 Å². The molecule has 0 saturated heterocycles. The molecule has 0 radical (unpaired) electrons. The standard InChI is InChI=1S/C14H20N2O3/c1-3-16(10-4-5-10)14(17)9-19-13-8-11(18-2)6-7-12(13)15/h6-8,10H,3-5,9,15H2,1-2H3. The Hall–Kier alpha value is -1.91. The third kappa shape index (κ3) is 3.30. The Morgan fingerprint density at radius 2 is 2.21 bits per heavy atom. The number of hydrogen-bond acceptors (Lipinski definition) is 4. The first-order valence-electron chi connectivity index (χ1n) is 6.51. The van der Waals surface area contributed by atoms with Crippen molar-refractivity contribution in [1.82, 2.24) is 4.90 Å². The molecule has 0 aromatic heterocycles. The van der Waals surface area contributed by atoms with Crippen molar-refractivity contribution in [2.75, 3.05) is 26.0 Å². The van der Waals surface area contributed by atoms with Gasteiger partial charge in [-0.25, -0.2) is 0 Å². The van der Waals surface area contributed by atoms with Gasteiger partial charge in [-0.05, 0) is 31.9 Å². The summed E-state index contributed by atoms with van der Waals surface area (Å²) in [5.74, 6) is 1.15. The minimum atomic E-state index is 0.00669. The van der Waals surface area contributed by atoms with E-state index in [1.165, 1.54) is 0 Å². The van der Waals surface area contributed by atoms with Crippen LogP contribution in [0.15, 0.2) is 18.2 Å². The molecule has 1 amide bonds. The van der Waals surface area contributed by atoms with Gasteiger partial charge in [0, 0.05) is 18.7 Å². The molecule has 1 aromatic carbocycles. The highest BCUT2D eigenvalue weighted by Gasteiger charge is 2.31. The number of nitrogen functional groups attached to an aromatic ring is 1. The van der Waals surface area contributed by atoms with Crippen molar-refractivity contribution >= 4 is 11.6 Å². The number of likely N-dealkylation sites (N-methyl/N-ethyl adjacent to an activating group) is 1. The van der Waals surface area contributed by atoms with E-state index in [4.69, 9.17) is 15.2 Å².